The zero-order chi connectivity index (χ0) is 14.5. The molecule has 2 aromatic carbocycles. The van der Waals surface area contributed by atoms with Crippen LogP contribution in [0.4, 0.5) is 5.69 Å². The van der Waals surface area contributed by atoms with Gasteiger partial charge in [0.2, 0.25) is 0 Å². The Hall–Kier alpha value is -2.80. The summed E-state index contributed by atoms with van der Waals surface area (Å²) in [7, 11) is 0. The smallest absolute Gasteiger partial charge is 0.259 e. The van der Waals surface area contributed by atoms with Gasteiger partial charge in [-0.05, 0) is 36.2 Å². The number of carbonyl (C=O) groups is 1. The lowest BCUT2D eigenvalue weighted by atomic mass is 10.1. The van der Waals surface area contributed by atoms with Gasteiger partial charge in [0.05, 0.1) is 18.1 Å². The van der Waals surface area contributed by atoms with Crippen LogP contribution in [0.1, 0.15) is 21.5 Å². The van der Waals surface area contributed by atoms with Gasteiger partial charge in [-0.15, -0.1) is 0 Å². The van der Waals surface area contributed by atoms with Crippen LogP contribution in [0, 0.1) is 18.3 Å². The lowest BCUT2D eigenvalue weighted by Crippen LogP contribution is -2.12. The molecule has 0 saturated carbocycles. The molecular formula is C16H14N2O2. The number of hydrogen-bond donors (Lipinski definition) is 2. The highest BCUT2D eigenvalue weighted by molar-refractivity contribution is 6.06. The number of carbonyl (C=O) groups excluding carboxylic acids is 1. The largest absolute Gasteiger partial charge is 0.507 e. The van der Waals surface area contributed by atoms with Gasteiger partial charge in [-0.3, -0.25) is 4.79 Å². The SMILES string of the molecule is Cc1cccc(C(=O)Nc2ccc(CC#N)cc2)c1O. The van der Waals surface area contributed by atoms with E-state index in [1.807, 2.05) is 0 Å². The highest BCUT2D eigenvalue weighted by Crippen LogP contribution is 2.22. The molecule has 2 aromatic rings. The molecule has 0 aliphatic rings. The molecule has 0 saturated heterocycles. The quantitative estimate of drug-likeness (QED) is 0.896. The van der Waals surface area contributed by atoms with Crippen LogP contribution in [0.5, 0.6) is 5.75 Å². The average molecular weight is 266 g/mol. The van der Waals surface area contributed by atoms with Gasteiger partial charge in [-0.2, -0.15) is 5.26 Å². The minimum atomic E-state index is -0.362. The molecule has 2 rings (SSSR count). The van der Waals surface area contributed by atoms with Gasteiger partial charge in [-0.25, -0.2) is 0 Å². The van der Waals surface area contributed by atoms with Gasteiger partial charge in [0.15, 0.2) is 0 Å². The molecule has 0 radical (unpaired) electrons. The van der Waals surface area contributed by atoms with E-state index in [0.717, 1.165) is 5.56 Å². The van der Waals surface area contributed by atoms with Crippen molar-refractivity contribution in [1.29, 1.82) is 5.26 Å². The van der Waals surface area contributed by atoms with E-state index in [-0.39, 0.29) is 17.2 Å². The van der Waals surface area contributed by atoms with Gasteiger partial charge >= 0.3 is 0 Å². The van der Waals surface area contributed by atoms with E-state index in [2.05, 4.69) is 11.4 Å². The Bertz CT molecular complexity index is 670. The van der Waals surface area contributed by atoms with Gasteiger partial charge in [0.25, 0.3) is 5.91 Å². The zero-order valence-corrected chi connectivity index (χ0v) is 11.1. The maximum atomic E-state index is 12.1. The maximum absolute atomic E-state index is 12.1. The van der Waals surface area contributed by atoms with Crippen molar-refractivity contribution in [3.63, 3.8) is 0 Å². The molecule has 0 unspecified atom stereocenters. The van der Waals surface area contributed by atoms with Gasteiger partial charge < -0.3 is 10.4 Å². The molecule has 0 aromatic heterocycles. The van der Waals surface area contributed by atoms with Crippen LogP contribution in [0.3, 0.4) is 0 Å². The number of nitriles is 1. The molecule has 0 spiro atoms. The fraction of sp³-hybridized carbons (Fsp3) is 0.125. The first-order valence-electron chi connectivity index (χ1n) is 6.17. The Morgan fingerprint density at radius 3 is 2.60 bits per heavy atom. The minimum absolute atomic E-state index is 0.00824. The van der Waals surface area contributed by atoms with Crippen molar-refractivity contribution in [1.82, 2.24) is 0 Å². The third-order valence-electron chi connectivity index (χ3n) is 2.98. The molecule has 0 fully saturated rings. The number of aryl methyl sites for hydroxylation is 1. The van der Waals surface area contributed by atoms with Crippen LogP contribution >= 0.6 is 0 Å². The molecule has 0 aliphatic heterocycles. The first kappa shape index (κ1) is 13.6. The van der Waals surface area contributed by atoms with Crippen molar-refractivity contribution < 1.29 is 9.90 Å². The highest BCUT2D eigenvalue weighted by Gasteiger charge is 2.12. The first-order valence-corrected chi connectivity index (χ1v) is 6.17. The lowest BCUT2D eigenvalue weighted by molar-refractivity contribution is 0.102. The van der Waals surface area contributed by atoms with Gasteiger partial charge in [0, 0.05) is 5.69 Å². The second kappa shape index (κ2) is 5.89. The summed E-state index contributed by atoms with van der Waals surface area (Å²) in [6, 6.07) is 14.1. The average Bonchev–Trinajstić information content (AvgIpc) is 2.44. The number of benzene rings is 2. The Labute approximate surface area is 117 Å². The molecule has 0 heterocycles. The number of aromatic hydroxyl groups is 1. The summed E-state index contributed by atoms with van der Waals surface area (Å²) in [5.74, 6) is -0.370. The second-order valence-electron chi connectivity index (χ2n) is 4.46. The normalized spacial score (nSPS) is 9.80. The molecule has 100 valence electrons. The van der Waals surface area contributed by atoms with Crippen LogP contribution in [0.15, 0.2) is 42.5 Å². The summed E-state index contributed by atoms with van der Waals surface area (Å²) in [6.07, 6.45) is 0.340. The predicted octanol–water partition coefficient (Wildman–Crippen LogP) is 3.02. The fourth-order valence-corrected chi connectivity index (χ4v) is 1.84. The molecule has 4 nitrogen and oxygen atoms in total. The zero-order valence-electron chi connectivity index (χ0n) is 11.1. The number of para-hydroxylation sites is 1. The molecule has 20 heavy (non-hydrogen) atoms. The Morgan fingerprint density at radius 2 is 1.95 bits per heavy atom. The van der Waals surface area contributed by atoms with Crippen molar-refractivity contribution >= 4 is 11.6 Å². The molecule has 1 amide bonds. The van der Waals surface area contributed by atoms with Crippen LogP contribution in [-0.2, 0) is 6.42 Å². The van der Waals surface area contributed by atoms with Crippen molar-refractivity contribution in [3.05, 3.63) is 59.2 Å². The summed E-state index contributed by atoms with van der Waals surface area (Å²) >= 11 is 0. The van der Waals surface area contributed by atoms with Crippen molar-refractivity contribution in [3.8, 4) is 11.8 Å². The summed E-state index contributed by atoms with van der Waals surface area (Å²) in [5, 5.41) is 21.2. The van der Waals surface area contributed by atoms with E-state index in [1.165, 1.54) is 0 Å². The van der Waals surface area contributed by atoms with Crippen LogP contribution in [0.2, 0.25) is 0 Å². The van der Waals surface area contributed by atoms with Crippen molar-refractivity contribution in [2.24, 2.45) is 0 Å². The van der Waals surface area contributed by atoms with E-state index in [9.17, 15) is 9.90 Å². The number of anilines is 1. The fourth-order valence-electron chi connectivity index (χ4n) is 1.84. The molecule has 4 heteroatoms. The van der Waals surface area contributed by atoms with Gasteiger partial charge in [-0.1, -0.05) is 24.3 Å². The summed E-state index contributed by atoms with van der Waals surface area (Å²) < 4.78 is 0. The number of phenols is 1. The third-order valence-corrected chi connectivity index (χ3v) is 2.98. The Balaban J connectivity index is 2.15. The van der Waals surface area contributed by atoms with E-state index < -0.39 is 0 Å². The Morgan fingerprint density at radius 1 is 1.25 bits per heavy atom. The number of nitrogens with zero attached hydrogens (tertiary/aromatic N) is 1. The van der Waals surface area contributed by atoms with Crippen molar-refractivity contribution in [2.45, 2.75) is 13.3 Å². The number of rotatable bonds is 3. The van der Waals surface area contributed by atoms with Crippen LogP contribution in [-0.4, -0.2) is 11.0 Å². The van der Waals surface area contributed by atoms with Crippen LogP contribution < -0.4 is 5.32 Å². The first-order chi connectivity index (χ1) is 9.61. The number of hydrogen-bond acceptors (Lipinski definition) is 3. The van der Waals surface area contributed by atoms with Crippen molar-refractivity contribution in [2.75, 3.05) is 5.32 Å². The molecular weight excluding hydrogens is 252 g/mol. The maximum Gasteiger partial charge on any atom is 0.259 e. The lowest BCUT2D eigenvalue weighted by Gasteiger charge is -2.08. The monoisotopic (exact) mass is 266 g/mol. The highest BCUT2D eigenvalue weighted by atomic mass is 16.3. The molecule has 0 aliphatic carbocycles. The summed E-state index contributed by atoms with van der Waals surface area (Å²) in [5.41, 5.74) is 2.41. The predicted molar refractivity (Wildman–Crippen MR) is 76.6 cm³/mol. The summed E-state index contributed by atoms with van der Waals surface area (Å²) in [4.78, 5) is 12.1. The number of nitrogens with one attached hydrogen (secondary N) is 1. The number of amides is 1. The van der Waals surface area contributed by atoms with Gasteiger partial charge in [0.1, 0.15) is 5.75 Å². The topological polar surface area (TPSA) is 73.1 Å². The molecule has 2 N–H and O–H groups in total. The van der Waals surface area contributed by atoms with E-state index in [1.54, 1.807) is 49.4 Å². The standard InChI is InChI=1S/C16H14N2O2/c1-11-3-2-4-14(15(11)19)16(20)18-13-7-5-12(6-8-13)9-10-17/h2-8,19H,9H2,1H3,(H,18,20). The molecule has 0 bridgehead atoms. The van der Waals surface area contributed by atoms with E-state index >= 15 is 0 Å². The second-order valence-corrected chi connectivity index (χ2v) is 4.46. The van der Waals surface area contributed by atoms with E-state index in [0.29, 0.717) is 17.7 Å². The van der Waals surface area contributed by atoms with Crippen LogP contribution in [0.25, 0.3) is 0 Å². The number of phenolic OH excluding ortho intramolecular Hbond substituents is 1. The Kier molecular flexibility index (Phi) is 4.02. The molecule has 0 atom stereocenters. The summed E-state index contributed by atoms with van der Waals surface area (Å²) in [6.45, 7) is 1.74. The minimum Gasteiger partial charge on any atom is -0.507 e. The van der Waals surface area contributed by atoms with E-state index in [4.69, 9.17) is 5.26 Å². The third kappa shape index (κ3) is 2.96.